The molecule has 0 bridgehead atoms. The molecule has 0 atom stereocenters. The topological polar surface area (TPSA) is 30.2 Å². The highest BCUT2D eigenvalue weighted by Gasteiger charge is 2.17. The van der Waals surface area contributed by atoms with Crippen LogP contribution < -0.4 is 5.43 Å². The van der Waals surface area contributed by atoms with Gasteiger partial charge in [-0.05, 0) is 31.1 Å². The molecule has 0 amide bonds. The fourth-order valence-electron chi connectivity index (χ4n) is 2.29. The summed E-state index contributed by atoms with van der Waals surface area (Å²) in [7, 11) is 0. The van der Waals surface area contributed by atoms with Gasteiger partial charge in [-0.15, -0.1) is 0 Å². The van der Waals surface area contributed by atoms with Crippen molar-refractivity contribution in [2.75, 3.05) is 0 Å². The maximum atomic E-state index is 12.3. The Kier molecular flexibility index (Phi) is 1.96. The molecular formula is C14H12O2. The number of para-hydroxylation sites is 1. The first-order valence-electron chi connectivity index (χ1n) is 5.49. The number of hydrogen-bond donors (Lipinski definition) is 0. The Bertz CT molecular complexity index is 647. The third kappa shape index (κ3) is 1.23. The zero-order valence-electron chi connectivity index (χ0n) is 9.12. The molecule has 1 aromatic carbocycles. The lowest BCUT2D eigenvalue weighted by Gasteiger charge is -2.13. The van der Waals surface area contributed by atoms with Gasteiger partial charge in [0, 0.05) is 6.42 Å². The van der Waals surface area contributed by atoms with Crippen LogP contribution in [0.2, 0.25) is 0 Å². The Labute approximate surface area is 93.2 Å². The van der Waals surface area contributed by atoms with Gasteiger partial charge in [-0.25, -0.2) is 0 Å². The quantitative estimate of drug-likeness (QED) is 0.671. The molecular weight excluding hydrogens is 200 g/mol. The molecule has 0 saturated heterocycles. The molecule has 0 radical (unpaired) electrons. The molecule has 0 saturated carbocycles. The largest absolute Gasteiger partial charge is 0.460 e. The van der Waals surface area contributed by atoms with Gasteiger partial charge in [-0.1, -0.05) is 18.2 Å². The van der Waals surface area contributed by atoms with Crippen molar-refractivity contribution in [3.05, 3.63) is 51.9 Å². The van der Waals surface area contributed by atoms with Crippen LogP contribution in [-0.4, -0.2) is 0 Å². The van der Waals surface area contributed by atoms with Crippen molar-refractivity contribution in [3.63, 3.8) is 0 Å². The van der Waals surface area contributed by atoms with E-state index in [1.165, 1.54) is 0 Å². The summed E-state index contributed by atoms with van der Waals surface area (Å²) >= 11 is 0. The normalized spacial score (nSPS) is 14.7. The van der Waals surface area contributed by atoms with Gasteiger partial charge in [0.1, 0.15) is 11.3 Å². The smallest absolute Gasteiger partial charge is 0.200 e. The molecule has 3 rings (SSSR count). The van der Waals surface area contributed by atoms with E-state index in [4.69, 9.17) is 4.42 Å². The predicted octanol–water partition coefficient (Wildman–Crippen LogP) is 3.14. The molecule has 1 heterocycles. The predicted molar refractivity (Wildman–Crippen MR) is 64.5 cm³/mol. The van der Waals surface area contributed by atoms with Crippen molar-refractivity contribution in [1.29, 1.82) is 0 Å². The van der Waals surface area contributed by atoms with E-state index in [1.807, 2.05) is 31.2 Å². The van der Waals surface area contributed by atoms with E-state index >= 15 is 0 Å². The van der Waals surface area contributed by atoms with E-state index in [0.717, 1.165) is 29.7 Å². The summed E-state index contributed by atoms with van der Waals surface area (Å²) in [5.74, 6) is 0.837. The number of fused-ring (bicyclic) bond motifs is 2. The summed E-state index contributed by atoms with van der Waals surface area (Å²) in [6, 6.07) is 7.44. The molecule has 2 aromatic rings. The second-order valence-electron chi connectivity index (χ2n) is 4.15. The summed E-state index contributed by atoms with van der Waals surface area (Å²) in [5, 5.41) is 0.677. The minimum atomic E-state index is 0.102. The number of aryl methyl sites for hydroxylation is 1. The highest BCUT2D eigenvalue weighted by Crippen LogP contribution is 2.26. The maximum absolute atomic E-state index is 12.3. The van der Waals surface area contributed by atoms with E-state index < -0.39 is 0 Å². The number of rotatable bonds is 0. The van der Waals surface area contributed by atoms with Crippen LogP contribution in [0.5, 0.6) is 0 Å². The molecule has 0 aliphatic heterocycles. The van der Waals surface area contributed by atoms with Gasteiger partial charge < -0.3 is 4.42 Å². The standard InChI is InChI=1S/C14H12O2/c1-9-5-4-8-12-13(9)14(15)10-6-2-3-7-11(10)16-12/h2-3,5-7H,4,8H2,1H3. The van der Waals surface area contributed by atoms with Crippen molar-refractivity contribution < 1.29 is 4.42 Å². The van der Waals surface area contributed by atoms with Crippen LogP contribution in [-0.2, 0) is 6.42 Å². The van der Waals surface area contributed by atoms with Crippen molar-refractivity contribution in [2.45, 2.75) is 19.8 Å². The molecule has 0 unspecified atom stereocenters. The minimum Gasteiger partial charge on any atom is -0.460 e. The van der Waals surface area contributed by atoms with Crippen LogP contribution in [0, 0.1) is 0 Å². The van der Waals surface area contributed by atoms with Crippen molar-refractivity contribution >= 4 is 16.5 Å². The lowest BCUT2D eigenvalue weighted by atomic mass is 9.95. The van der Waals surface area contributed by atoms with Crippen LogP contribution in [0.1, 0.15) is 24.7 Å². The van der Waals surface area contributed by atoms with E-state index in [9.17, 15) is 4.79 Å². The van der Waals surface area contributed by atoms with Gasteiger partial charge in [0.2, 0.25) is 0 Å². The Hall–Kier alpha value is -1.83. The number of allylic oxidation sites excluding steroid dienone is 2. The lowest BCUT2D eigenvalue weighted by Crippen LogP contribution is -2.13. The highest BCUT2D eigenvalue weighted by molar-refractivity contribution is 5.81. The van der Waals surface area contributed by atoms with Crippen LogP contribution in [0.4, 0.5) is 0 Å². The molecule has 1 aliphatic rings. The van der Waals surface area contributed by atoms with E-state index in [1.54, 1.807) is 0 Å². The third-order valence-electron chi connectivity index (χ3n) is 3.09. The molecule has 1 aromatic heterocycles. The Balaban J connectivity index is 2.48. The molecule has 0 N–H and O–H groups in total. The van der Waals surface area contributed by atoms with E-state index in [0.29, 0.717) is 11.0 Å². The zero-order valence-corrected chi connectivity index (χ0v) is 9.12. The van der Waals surface area contributed by atoms with Crippen molar-refractivity contribution in [3.8, 4) is 0 Å². The third-order valence-corrected chi connectivity index (χ3v) is 3.09. The Morgan fingerprint density at radius 1 is 1.25 bits per heavy atom. The molecule has 0 fully saturated rings. The van der Waals surface area contributed by atoms with Gasteiger partial charge in [-0.3, -0.25) is 4.79 Å². The van der Waals surface area contributed by atoms with Gasteiger partial charge in [0.05, 0.1) is 10.9 Å². The fraction of sp³-hybridized carbons (Fsp3) is 0.214. The summed E-state index contributed by atoms with van der Waals surface area (Å²) in [5.41, 5.74) is 2.61. The summed E-state index contributed by atoms with van der Waals surface area (Å²) < 4.78 is 5.79. The molecule has 2 heteroatoms. The molecule has 2 nitrogen and oxygen atoms in total. The average molecular weight is 212 g/mol. The number of hydrogen-bond acceptors (Lipinski definition) is 2. The van der Waals surface area contributed by atoms with Gasteiger partial charge in [0.15, 0.2) is 5.43 Å². The highest BCUT2D eigenvalue weighted by atomic mass is 16.3. The number of benzene rings is 1. The van der Waals surface area contributed by atoms with Crippen molar-refractivity contribution in [2.24, 2.45) is 0 Å². The second kappa shape index (κ2) is 3.34. The van der Waals surface area contributed by atoms with Gasteiger partial charge >= 0.3 is 0 Å². The summed E-state index contributed by atoms with van der Waals surface area (Å²) in [4.78, 5) is 12.3. The van der Waals surface area contributed by atoms with Crippen LogP contribution in [0.3, 0.4) is 0 Å². The first-order chi connectivity index (χ1) is 7.77. The van der Waals surface area contributed by atoms with Crippen LogP contribution in [0.25, 0.3) is 16.5 Å². The Morgan fingerprint density at radius 2 is 2.06 bits per heavy atom. The molecule has 0 spiro atoms. The van der Waals surface area contributed by atoms with Crippen LogP contribution in [0.15, 0.2) is 39.6 Å². The van der Waals surface area contributed by atoms with Crippen molar-refractivity contribution in [1.82, 2.24) is 0 Å². The lowest BCUT2D eigenvalue weighted by molar-refractivity contribution is 0.530. The van der Waals surface area contributed by atoms with Gasteiger partial charge in [0.25, 0.3) is 0 Å². The molecule has 80 valence electrons. The average Bonchev–Trinajstić information content (AvgIpc) is 2.29. The fourth-order valence-corrected chi connectivity index (χ4v) is 2.29. The van der Waals surface area contributed by atoms with E-state index in [-0.39, 0.29) is 5.43 Å². The summed E-state index contributed by atoms with van der Waals surface area (Å²) in [6.45, 7) is 1.98. The molecule has 16 heavy (non-hydrogen) atoms. The van der Waals surface area contributed by atoms with Crippen LogP contribution >= 0.6 is 0 Å². The summed E-state index contributed by atoms with van der Waals surface area (Å²) in [6.07, 6.45) is 3.89. The minimum absolute atomic E-state index is 0.102. The first-order valence-corrected chi connectivity index (χ1v) is 5.49. The second-order valence-corrected chi connectivity index (χ2v) is 4.15. The van der Waals surface area contributed by atoms with Gasteiger partial charge in [-0.2, -0.15) is 0 Å². The Morgan fingerprint density at radius 3 is 2.94 bits per heavy atom. The monoisotopic (exact) mass is 212 g/mol. The SMILES string of the molecule is CC1=CCCc2oc3ccccc3c(=O)c21. The first kappa shape index (κ1) is 9.40. The van der Waals surface area contributed by atoms with E-state index in [2.05, 4.69) is 6.08 Å². The molecule has 1 aliphatic carbocycles. The zero-order chi connectivity index (χ0) is 11.1. The maximum Gasteiger partial charge on any atom is 0.200 e.